The maximum atomic E-state index is 14.9. The lowest BCUT2D eigenvalue weighted by molar-refractivity contribution is -0.154. The van der Waals surface area contributed by atoms with Crippen LogP contribution in [0.4, 0.5) is 17.6 Å². The number of halogens is 5. The van der Waals surface area contributed by atoms with E-state index in [1.165, 1.54) is 12.3 Å². The zero-order valence-electron chi connectivity index (χ0n) is 20.4. The van der Waals surface area contributed by atoms with E-state index in [2.05, 4.69) is 14.6 Å². The topological polar surface area (TPSA) is 71.9 Å². The Morgan fingerprint density at radius 2 is 1.92 bits per heavy atom. The normalized spacial score (nSPS) is 18.0. The minimum absolute atomic E-state index is 0.00428. The molecule has 1 saturated heterocycles. The second-order valence-electron chi connectivity index (χ2n) is 9.67. The summed E-state index contributed by atoms with van der Waals surface area (Å²) in [5, 5.41) is 9.45. The van der Waals surface area contributed by atoms with Crippen LogP contribution in [0.1, 0.15) is 66.4 Å². The summed E-state index contributed by atoms with van der Waals surface area (Å²) in [4.78, 5) is 17.7. The van der Waals surface area contributed by atoms with E-state index in [-0.39, 0.29) is 40.2 Å². The number of hydrogen-bond donors (Lipinski definition) is 1. The number of rotatable bonds is 10. The molecule has 1 saturated carbocycles. The van der Waals surface area contributed by atoms with Crippen molar-refractivity contribution in [3.05, 3.63) is 51.9 Å². The first kappa shape index (κ1) is 27.4. The molecule has 1 aliphatic heterocycles. The quantitative estimate of drug-likeness (QED) is 0.346. The zero-order valence-corrected chi connectivity index (χ0v) is 21.1. The van der Waals surface area contributed by atoms with Gasteiger partial charge in [-0.05, 0) is 86.4 Å². The number of nitrogens with zero attached hydrogens (tertiary/aromatic N) is 2. The number of aromatic nitrogens is 1. The van der Waals surface area contributed by atoms with Crippen molar-refractivity contribution < 1.29 is 36.9 Å². The number of likely N-dealkylation sites (tertiary alicyclic amines) is 1. The summed E-state index contributed by atoms with van der Waals surface area (Å²) in [6.07, 6.45) is 0.890. The molecule has 37 heavy (non-hydrogen) atoms. The maximum absolute atomic E-state index is 14.9. The van der Waals surface area contributed by atoms with Crippen LogP contribution in [0.15, 0.2) is 24.4 Å². The fraction of sp³-hybridized carbons (Fsp3) is 0.538. The fourth-order valence-corrected chi connectivity index (χ4v) is 4.98. The second kappa shape index (κ2) is 11.4. The molecule has 202 valence electrons. The van der Waals surface area contributed by atoms with Crippen LogP contribution in [0.3, 0.4) is 0 Å². The van der Waals surface area contributed by atoms with E-state index in [9.17, 15) is 27.5 Å². The first-order chi connectivity index (χ1) is 17.5. The smallest absolute Gasteiger partial charge is 0.422 e. The first-order valence-corrected chi connectivity index (χ1v) is 12.7. The standard InChI is InChI=1S/C26H29ClF4N2O4/c1-2-21(37-22-11-18(16-3-4-16)10-19(23(22)28)25(34)35)17-5-7-33(8-6-17)13-15-9-20(27)24(32-12-15)36-14-26(29,30)31/h9-12,16-17,21H,2-8,13-14H2,1H3,(H,34,35). The Balaban J connectivity index is 1.35. The van der Waals surface area contributed by atoms with E-state index in [1.807, 2.05) is 6.92 Å². The second-order valence-corrected chi connectivity index (χ2v) is 10.1. The number of pyridine rings is 1. The van der Waals surface area contributed by atoms with E-state index in [0.717, 1.165) is 49.9 Å². The average molecular weight is 545 g/mol. The zero-order chi connectivity index (χ0) is 26.7. The number of carboxylic acid groups (broad SMARTS) is 1. The molecule has 2 fully saturated rings. The molecule has 0 spiro atoms. The van der Waals surface area contributed by atoms with E-state index < -0.39 is 24.6 Å². The van der Waals surface area contributed by atoms with Gasteiger partial charge in [0.1, 0.15) is 11.1 Å². The predicted octanol–water partition coefficient (Wildman–Crippen LogP) is 6.46. The van der Waals surface area contributed by atoms with Crippen LogP contribution in [0.2, 0.25) is 5.02 Å². The van der Waals surface area contributed by atoms with Crippen molar-refractivity contribution in [1.29, 1.82) is 0 Å². The van der Waals surface area contributed by atoms with Gasteiger partial charge in [-0.15, -0.1) is 0 Å². The molecule has 0 amide bonds. The molecule has 6 nitrogen and oxygen atoms in total. The van der Waals surface area contributed by atoms with Gasteiger partial charge in [0.25, 0.3) is 0 Å². The molecule has 0 radical (unpaired) electrons. The molecule has 0 bridgehead atoms. The lowest BCUT2D eigenvalue weighted by Crippen LogP contribution is -2.39. The van der Waals surface area contributed by atoms with Gasteiger partial charge >= 0.3 is 12.1 Å². The number of aromatic carboxylic acids is 1. The van der Waals surface area contributed by atoms with E-state index >= 15 is 0 Å². The molecule has 1 aliphatic carbocycles. The van der Waals surface area contributed by atoms with Gasteiger partial charge in [0.05, 0.1) is 5.56 Å². The van der Waals surface area contributed by atoms with Gasteiger partial charge in [0.2, 0.25) is 5.88 Å². The Hall–Kier alpha value is -2.59. The molecule has 2 aromatic rings. The predicted molar refractivity (Wildman–Crippen MR) is 129 cm³/mol. The van der Waals surface area contributed by atoms with Gasteiger partial charge < -0.3 is 14.6 Å². The van der Waals surface area contributed by atoms with Crippen molar-refractivity contribution in [2.45, 2.75) is 63.8 Å². The van der Waals surface area contributed by atoms with Crippen LogP contribution in [0.25, 0.3) is 0 Å². The van der Waals surface area contributed by atoms with Crippen LogP contribution in [0, 0.1) is 11.7 Å². The van der Waals surface area contributed by atoms with Crippen molar-refractivity contribution in [2.75, 3.05) is 19.7 Å². The van der Waals surface area contributed by atoms with Crippen molar-refractivity contribution in [2.24, 2.45) is 5.92 Å². The SMILES string of the molecule is CCC(Oc1cc(C2CC2)cc(C(=O)O)c1F)C1CCN(Cc2cnc(OCC(F)(F)F)c(Cl)c2)CC1. The van der Waals surface area contributed by atoms with Crippen LogP contribution in [-0.4, -0.2) is 52.9 Å². The summed E-state index contributed by atoms with van der Waals surface area (Å²) in [5.41, 5.74) is 1.21. The highest BCUT2D eigenvalue weighted by atomic mass is 35.5. The molecule has 1 atom stereocenters. The summed E-state index contributed by atoms with van der Waals surface area (Å²) in [6.45, 7) is 2.50. The summed E-state index contributed by atoms with van der Waals surface area (Å²) in [6, 6.07) is 4.62. The van der Waals surface area contributed by atoms with Crippen molar-refractivity contribution in [3.8, 4) is 11.6 Å². The summed E-state index contributed by atoms with van der Waals surface area (Å²) in [7, 11) is 0. The minimum atomic E-state index is -4.47. The Kier molecular flexibility index (Phi) is 8.48. The lowest BCUT2D eigenvalue weighted by Gasteiger charge is -2.36. The number of benzene rings is 1. The number of carbonyl (C=O) groups is 1. The van der Waals surface area contributed by atoms with Gasteiger partial charge in [-0.1, -0.05) is 18.5 Å². The highest BCUT2D eigenvalue weighted by molar-refractivity contribution is 6.31. The number of piperidine rings is 1. The molecular formula is C26H29ClF4N2O4. The molecule has 1 aromatic carbocycles. The third-order valence-electron chi connectivity index (χ3n) is 6.82. The Bertz CT molecular complexity index is 1120. The van der Waals surface area contributed by atoms with Crippen molar-refractivity contribution in [1.82, 2.24) is 9.88 Å². The van der Waals surface area contributed by atoms with Gasteiger partial charge in [-0.25, -0.2) is 14.2 Å². The summed E-state index contributed by atoms with van der Waals surface area (Å²) >= 11 is 6.06. The number of carboxylic acids is 1. The number of ether oxygens (including phenoxy) is 2. The monoisotopic (exact) mass is 544 g/mol. The highest BCUT2D eigenvalue weighted by Crippen LogP contribution is 2.43. The maximum Gasteiger partial charge on any atom is 0.422 e. The van der Waals surface area contributed by atoms with Crippen LogP contribution in [-0.2, 0) is 6.54 Å². The van der Waals surface area contributed by atoms with Crippen LogP contribution >= 0.6 is 11.6 Å². The Morgan fingerprint density at radius 3 is 2.49 bits per heavy atom. The fourth-order valence-electron chi connectivity index (χ4n) is 4.74. The lowest BCUT2D eigenvalue weighted by atomic mass is 9.89. The molecule has 2 heterocycles. The Labute approximate surface area is 217 Å². The van der Waals surface area contributed by atoms with Gasteiger partial charge in [-0.2, -0.15) is 13.2 Å². The van der Waals surface area contributed by atoms with Crippen LogP contribution in [0.5, 0.6) is 11.6 Å². The molecule has 1 aromatic heterocycles. The third-order valence-corrected chi connectivity index (χ3v) is 7.09. The Morgan fingerprint density at radius 1 is 1.22 bits per heavy atom. The molecule has 1 unspecified atom stereocenters. The van der Waals surface area contributed by atoms with Crippen molar-refractivity contribution in [3.63, 3.8) is 0 Å². The highest BCUT2D eigenvalue weighted by Gasteiger charge is 2.32. The van der Waals surface area contributed by atoms with Crippen molar-refractivity contribution >= 4 is 17.6 Å². The summed E-state index contributed by atoms with van der Waals surface area (Å²) < 4.78 is 62.8. The number of alkyl halides is 3. The molecule has 11 heteroatoms. The summed E-state index contributed by atoms with van der Waals surface area (Å²) in [5.74, 6) is -1.96. The largest absolute Gasteiger partial charge is 0.487 e. The van der Waals surface area contributed by atoms with E-state index in [1.54, 1.807) is 12.1 Å². The molecular weight excluding hydrogens is 516 g/mol. The van der Waals surface area contributed by atoms with Gasteiger partial charge in [-0.3, -0.25) is 4.90 Å². The minimum Gasteiger partial charge on any atom is -0.487 e. The van der Waals surface area contributed by atoms with Gasteiger partial charge in [0.15, 0.2) is 18.2 Å². The number of hydrogen-bond acceptors (Lipinski definition) is 5. The van der Waals surface area contributed by atoms with Crippen LogP contribution < -0.4 is 9.47 Å². The third kappa shape index (κ3) is 7.25. The molecule has 4 rings (SSSR count). The molecule has 2 aliphatic rings. The van der Waals surface area contributed by atoms with E-state index in [0.29, 0.717) is 13.0 Å². The molecule has 1 N–H and O–H groups in total. The van der Waals surface area contributed by atoms with Gasteiger partial charge in [0, 0.05) is 12.7 Å². The van der Waals surface area contributed by atoms with E-state index in [4.69, 9.17) is 16.3 Å². The first-order valence-electron chi connectivity index (χ1n) is 12.3. The average Bonchev–Trinajstić information content (AvgIpc) is 3.68.